The van der Waals surface area contributed by atoms with Crippen molar-refractivity contribution >= 4 is 5.91 Å². The number of nitrogens with zero attached hydrogens (tertiary/aromatic N) is 1. The third-order valence-electron chi connectivity index (χ3n) is 2.83. The summed E-state index contributed by atoms with van der Waals surface area (Å²) >= 11 is 0. The van der Waals surface area contributed by atoms with Gasteiger partial charge in [0.2, 0.25) is 5.91 Å². The molecule has 1 heterocycles. The fourth-order valence-electron chi connectivity index (χ4n) is 2.03. The SMILES string of the molecule is CCOCC(C)N1C(=O)C(C)NC1CC. The zero-order chi connectivity index (χ0) is 11.4. The maximum Gasteiger partial charge on any atom is 0.241 e. The molecule has 1 amide bonds. The van der Waals surface area contributed by atoms with Crippen molar-refractivity contribution in [3.05, 3.63) is 0 Å². The van der Waals surface area contributed by atoms with Crippen LogP contribution in [-0.2, 0) is 9.53 Å². The van der Waals surface area contributed by atoms with Crippen LogP contribution in [0.2, 0.25) is 0 Å². The zero-order valence-electron chi connectivity index (χ0n) is 10.1. The monoisotopic (exact) mass is 214 g/mol. The van der Waals surface area contributed by atoms with Crippen LogP contribution in [0, 0.1) is 0 Å². The maximum atomic E-state index is 11.9. The highest BCUT2D eigenvalue weighted by molar-refractivity contribution is 5.84. The second-order valence-electron chi connectivity index (χ2n) is 4.07. The average molecular weight is 214 g/mol. The smallest absolute Gasteiger partial charge is 0.241 e. The van der Waals surface area contributed by atoms with E-state index in [4.69, 9.17) is 4.74 Å². The molecule has 1 saturated heterocycles. The van der Waals surface area contributed by atoms with Crippen LogP contribution in [0.25, 0.3) is 0 Å². The molecule has 4 heteroatoms. The lowest BCUT2D eigenvalue weighted by atomic mass is 10.2. The van der Waals surface area contributed by atoms with Gasteiger partial charge in [0.05, 0.1) is 24.9 Å². The minimum absolute atomic E-state index is 0.0565. The molecule has 0 spiro atoms. The van der Waals surface area contributed by atoms with Crippen LogP contribution in [0.3, 0.4) is 0 Å². The summed E-state index contributed by atoms with van der Waals surface area (Å²) in [7, 11) is 0. The summed E-state index contributed by atoms with van der Waals surface area (Å²) in [5.74, 6) is 0.189. The standard InChI is InChI=1S/C11H22N2O2/c1-5-10-12-9(4)11(14)13(10)8(3)7-15-6-2/h8-10,12H,5-7H2,1-4H3. The molecule has 15 heavy (non-hydrogen) atoms. The van der Waals surface area contributed by atoms with Crippen molar-refractivity contribution in [2.45, 2.75) is 52.4 Å². The second-order valence-corrected chi connectivity index (χ2v) is 4.07. The first-order valence-corrected chi connectivity index (χ1v) is 5.77. The molecule has 3 unspecified atom stereocenters. The van der Waals surface area contributed by atoms with E-state index in [2.05, 4.69) is 12.2 Å². The zero-order valence-corrected chi connectivity index (χ0v) is 10.1. The third-order valence-corrected chi connectivity index (χ3v) is 2.83. The molecule has 1 N–H and O–H groups in total. The molecule has 0 aliphatic carbocycles. The number of ether oxygens (including phenoxy) is 1. The minimum atomic E-state index is -0.0565. The van der Waals surface area contributed by atoms with Gasteiger partial charge < -0.3 is 9.64 Å². The Labute approximate surface area is 92.0 Å². The Morgan fingerprint density at radius 2 is 2.20 bits per heavy atom. The third kappa shape index (κ3) is 2.69. The van der Waals surface area contributed by atoms with Crippen molar-refractivity contribution in [3.8, 4) is 0 Å². The normalized spacial score (nSPS) is 28.5. The summed E-state index contributed by atoms with van der Waals surface area (Å²) in [5.41, 5.74) is 0. The first-order chi connectivity index (χ1) is 7.11. The Balaban J connectivity index is 2.60. The van der Waals surface area contributed by atoms with Gasteiger partial charge in [-0.15, -0.1) is 0 Å². The van der Waals surface area contributed by atoms with Crippen molar-refractivity contribution in [1.29, 1.82) is 0 Å². The van der Waals surface area contributed by atoms with Gasteiger partial charge in [0.25, 0.3) is 0 Å². The molecule has 0 aromatic carbocycles. The largest absolute Gasteiger partial charge is 0.380 e. The van der Waals surface area contributed by atoms with Crippen LogP contribution in [0.15, 0.2) is 0 Å². The summed E-state index contributed by atoms with van der Waals surface area (Å²) in [6.45, 7) is 9.33. The predicted molar refractivity (Wildman–Crippen MR) is 59.5 cm³/mol. The Morgan fingerprint density at radius 3 is 2.73 bits per heavy atom. The first-order valence-electron chi connectivity index (χ1n) is 5.77. The molecule has 4 nitrogen and oxygen atoms in total. The molecule has 1 rings (SSSR count). The van der Waals surface area contributed by atoms with Gasteiger partial charge in [0.15, 0.2) is 0 Å². The summed E-state index contributed by atoms with van der Waals surface area (Å²) in [4.78, 5) is 13.8. The van der Waals surface area contributed by atoms with Crippen LogP contribution < -0.4 is 5.32 Å². The fourth-order valence-corrected chi connectivity index (χ4v) is 2.03. The number of carbonyl (C=O) groups excluding carboxylic acids is 1. The van der Waals surface area contributed by atoms with E-state index >= 15 is 0 Å². The van der Waals surface area contributed by atoms with E-state index in [1.54, 1.807) is 0 Å². The van der Waals surface area contributed by atoms with Gasteiger partial charge in [0, 0.05) is 6.61 Å². The Bertz CT molecular complexity index is 221. The summed E-state index contributed by atoms with van der Waals surface area (Å²) in [5, 5.41) is 3.28. The van der Waals surface area contributed by atoms with E-state index in [-0.39, 0.29) is 24.2 Å². The van der Waals surface area contributed by atoms with E-state index in [1.807, 2.05) is 25.7 Å². The van der Waals surface area contributed by atoms with E-state index in [0.717, 1.165) is 6.42 Å². The molecule has 0 radical (unpaired) electrons. The van der Waals surface area contributed by atoms with Gasteiger partial charge in [-0.25, -0.2) is 0 Å². The van der Waals surface area contributed by atoms with Crippen molar-refractivity contribution in [3.63, 3.8) is 0 Å². The van der Waals surface area contributed by atoms with Gasteiger partial charge in [0.1, 0.15) is 0 Å². The van der Waals surface area contributed by atoms with Crippen LogP contribution >= 0.6 is 0 Å². The van der Waals surface area contributed by atoms with Gasteiger partial charge in [-0.2, -0.15) is 0 Å². The van der Waals surface area contributed by atoms with Crippen molar-refractivity contribution in [2.24, 2.45) is 0 Å². The van der Waals surface area contributed by atoms with Crippen molar-refractivity contribution < 1.29 is 9.53 Å². The molecule has 0 aromatic rings. The molecule has 0 aromatic heterocycles. The molecule has 88 valence electrons. The molecular formula is C11H22N2O2. The molecular weight excluding hydrogens is 192 g/mol. The molecule has 1 aliphatic heterocycles. The van der Waals surface area contributed by atoms with Gasteiger partial charge in [-0.3, -0.25) is 10.1 Å². The molecule has 1 fully saturated rings. The molecule has 1 aliphatic rings. The lowest BCUT2D eigenvalue weighted by molar-refractivity contribution is -0.133. The number of nitrogens with one attached hydrogen (secondary N) is 1. The summed E-state index contributed by atoms with van der Waals surface area (Å²) in [6.07, 6.45) is 1.11. The highest BCUT2D eigenvalue weighted by Crippen LogP contribution is 2.16. The minimum Gasteiger partial charge on any atom is -0.380 e. The molecule has 3 atom stereocenters. The van der Waals surface area contributed by atoms with Gasteiger partial charge in [-0.1, -0.05) is 6.92 Å². The Morgan fingerprint density at radius 1 is 1.53 bits per heavy atom. The van der Waals surface area contributed by atoms with Crippen LogP contribution in [0.5, 0.6) is 0 Å². The summed E-state index contributed by atoms with van der Waals surface area (Å²) < 4.78 is 5.36. The number of amides is 1. The first kappa shape index (κ1) is 12.5. The van der Waals surface area contributed by atoms with E-state index in [0.29, 0.717) is 13.2 Å². The number of rotatable bonds is 5. The van der Waals surface area contributed by atoms with Crippen LogP contribution in [0.1, 0.15) is 34.1 Å². The van der Waals surface area contributed by atoms with E-state index in [9.17, 15) is 4.79 Å². The highest BCUT2D eigenvalue weighted by Gasteiger charge is 2.37. The van der Waals surface area contributed by atoms with Crippen LogP contribution in [-0.4, -0.2) is 42.3 Å². The topological polar surface area (TPSA) is 41.6 Å². The van der Waals surface area contributed by atoms with Crippen molar-refractivity contribution in [1.82, 2.24) is 10.2 Å². The fraction of sp³-hybridized carbons (Fsp3) is 0.909. The van der Waals surface area contributed by atoms with Gasteiger partial charge >= 0.3 is 0 Å². The highest BCUT2D eigenvalue weighted by atomic mass is 16.5. The second kappa shape index (κ2) is 5.47. The van der Waals surface area contributed by atoms with Gasteiger partial charge in [-0.05, 0) is 27.2 Å². The Kier molecular flexibility index (Phi) is 4.54. The number of hydrogen-bond acceptors (Lipinski definition) is 3. The predicted octanol–water partition coefficient (Wildman–Crippen LogP) is 0.968. The molecule has 0 saturated carbocycles. The quantitative estimate of drug-likeness (QED) is 0.741. The lowest BCUT2D eigenvalue weighted by Crippen LogP contribution is -2.45. The summed E-state index contributed by atoms with van der Waals surface area (Å²) in [6, 6.07) is 0.0962. The maximum absolute atomic E-state index is 11.9. The van der Waals surface area contributed by atoms with Crippen LogP contribution in [0.4, 0.5) is 0 Å². The Hall–Kier alpha value is -0.610. The van der Waals surface area contributed by atoms with E-state index in [1.165, 1.54) is 0 Å². The van der Waals surface area contributed by atoms with E-state index < -0.39 is 0 Å². The number of hydrogen-bond donors (Lipinski definition) is 1. The molecule has 0 bridgehead atoms. The lowest BCUT2D eigenvalue weighted by Gasteiger charge is -2.29. The number of carbonyl (C=O) groups is 1. The van der Waals surface area contributed by atoms with Crippen molar-refractivity contribution in [2.75, 3.05) is 13.2 Å². The average Bonchev–Trinajstić information content (AvgIpc) is 2.51.